The number of benzene rings is 1. The van der Waals surface area contributed by atoms with Gasteiger partial charge in [0.2, 0.25) is 5.91 Å². The van der Waals surface area contributed by atoms with E-state index in [-0.39, 0.29) is 12.5 Å². The van der Waals surface area contributed by atoms with Crippen molar-refractivity contribution in [1.82, 2.24) is 0 Å². The Morgan fingerprint density at radius 2 is 2.00 bits per heavy atom. The van der Waals surface area contributed by atoms with Gasteiger partial charge in [-0.25, -0.2) is 0 Å². The third kappa shape index (κ3) is 5.47. The SMILES string of the molecule is CC(O)CCC(=O)Nc1ccc(CCO)cc1. The van der Waals surface area contributed by atoms with Crippen LogP contribution in [-0.4, -0.2) is 28.8 Å². The van der Waals surface area contributed by atoms with Crippen LogP contribution in [0.25, 0.3) is 0 Å². The zero-order chi connectivity index (χ0) is 12.7. The maximum atomic E-state index is 11.5. The quantitative estimate of drug-likeness (QED) is 0.699. The topological polar surface area (TPSA) is 69.6 Å². The molecular weight excluding hydrogens is 218 g/mol. The number of anilines is 1. The van der Waals surface area contributed by atoms with Gasteiger partial charge in [-0.3, -0.25) is 4.79 Å². The number of aliphatic hydroxyl groups is 2. The molecule has 0 aliphatic heterocycles. The average Bonchev–Trinajstić information content (AvgIpc) is 2.29. The summed E-state index contributed by atoms with van der Waals surface area (Å²) in [6, 6.07) is 7.37. The molecular formula is C13H19NO3. The van der Waals surface area contributed by atoms with E-state index in [1.54, 1.807) is 6.92 Å². The maximum absolute atomic E-state index is 11.5. The molecule has 4 nitrogen and oxygen atoms in total. The minimum Gasteiger partial charge on any atom is -0.396 e. The van der Waals surface area contributed by atoms with Crippen LogP contribution in [0.5, 0.6) is 0 Å². The van der Waals surface area contributed by atoms with Crippen LogP contribution in [0.2, 0.25) is 0 Å². The summed E-state index contributed by atoms with van der Waals surface area (Å²) in [6.45, 7) is 1.79. The molecule has 1 aromatic carbocycles. The second kappa shape index (κ2) is 7.04. The van der Waals surface area contributed by atoms with E-state index in [1.807, 2.05) is 24.3 Å². The van der Waals surface area contributed by atoms with E-state index < -0.39 is 6.10 Å². The van der Waals surface area contributed by atoms with Crippen molar-refractivity contribution in [2.75, 3.05) is 11.9 Å². The van der Waals surface area contributed by atoms with Crippen LogP contribution in [-0.2, 0) is 11.2 Å². The molecule has 0 aromatic heterocycles. The van der Waals surface area contributed by atoms with Gasteiger partial charge in [0.15, 0.2) is 0 Å². The Morgan fingerprint density at radius 3 is 2.53 bits per heavy atom. The molecule has 4 heteroatoms. The number of hydrogen-bond donors (Lipinski definition) is 3. The fraction of sp³-hybridized carbons (Fsp3) is 0.462. The lowest BCUT2D eigenvalue weighted by atomic mass is 10.1. The molecule has 0 aliphatic rings. The highest BCUT2D eigenvalue weighted by atomic mass is 16.3. The summed E-state index contributed by atoms with van der Waals surface area (Å²) < 4.78 is 0. The van der Waals surface area contributed by atoms with Gasteiger partial charge in [0.25, 0.3) is 0 Å². The number of amides is 1. The van der Waals surface area contributed by atoms with Crippen molar-refractivity contribution in [3.05, 3.63) is 29.8 Å². The first kappa shape index (κ1) is 13.7. The molecule has 1 rings (SSSR count). The van der Waals surface area contributed by atoms with Gasteiger partial charge in [-0.15, -0.1) is 0 Å². The Hall–Kier alpha value is -1.39. The molecule has 1 aromatic rings. The smallest absolute Gasteiger partial charge is 0.224 e. The molecule has 0 saturated carbocycles. The Balaban J connectivity index is 2.43. The monoisotopic (exact) mass is 237 g/mol. The fourth-order valence-corrected chi connectivity index (χ4v) is 1.45. The molecule has 0 radical (unpaired) electrons. The van der Waals surface area contributed by atoms with Gasteiger partial charge in [0.05, 0.1) is 6.10 Å². The van der Waals surface area contributed by atoms with Gasteiger partial charge in [-0.1, -0.05) is 12.1 Å². The Labute approximate surface area is 101 Å². The molecule has 0 aliphatic carbocycles. The minimum atomic E-state index is -0.451. The van der Waals surface area contributed by atoms with E-state index in [4.69, 9.17) is 10.2 Å². The highest BCUT2D eigenvalue weighted by molar-refractivity contribution is 5.90. The number of rotatable bonds is 6. The van der Waals surface area contributed by atoms with E-state index in [0.717, 1.165) is 11.3 Å². The highest BCUT2D eigenvalue weighted by Crippen LogP contribution is 2.10. The van der Waals surface area contributed by atoms with Crippen molar-refractivity contribution in [2.24, 2.45) is 0 Å². The molecule has 0 spiro atoms. The summed E-state index contributed by atoms with van der Waals surface area (Å²) in [5.74, 6) is -0.0965. The first-order valence-electron chi connectivity index (χ1n) is 5.79. The van der Waals surface area contributed by atoms with Crippen molar-refractivity contribution in [3.63, 3.8) is 0 Å². The minimum absolute atomic E-state index is 0.0965. The standard InChI is InChI=1S/C13H19NO3/c1-10(16)2-7-13(17)14-12-5-3-11(4-6-12)8-9-15/h3-6,10,15-16H,2,7-9H2,1H3,(H,14,17). The largest absolute Gasteiger partial charge is 0.396 e. The second-order valence-electron chi connectivity index (χ2n) is 4.11. The van der Waals surface area contributed by atoms with Crippen molar-refractivity contribution < 1.29 is 15.0 Å². The summed E-state index contributed by atoms with van der Waals surface area (Å²) >= 11 is 0. The van der Waals surface area contributed by atoms with Gasteiger partial charge in [0, 0.05) is 18.7 Å². The van der Waals surface area contributed by atoms with Crippen molar-refractivity contribution in [3.8, 4) is 0 Å². The number of aliphatic hydroxyl groups excluding tert-OH is 2. The highest BCUT2D eigenvalue weighted by Gasteiger charge is 2.04. The summed E-state index contributed by atoms with van der Waals surface area (Å²) in [4.78, 5) is 11.5. The molecule has 94 valence electrons. The Morgan fingerprint density at radius 1 is 1.35 bits per heavy atom. The lowest BCUT2D eigenvalue weighted by Gasteiger charge is -2.07. The normalized spacial score (nSPS) is 12.2. The first-order valence-corrected chi connectivity index (χ1v) is 5.79. The zero-order valence-electron chi connectivity index (χ0n) is 10.0. The lowest BCUT2D eigenvalue weighted by Crippen LogP contribution is -2.14. The number of carbonyl (C=O) groups is 1. The van der Waals surface area contributed by atoms with Gasteiger partial charge >= 0.3 is 0 Å². The molecule has 17 heavy (non-hydrogen) atoms. The fourth-order valence-electron chi connectivity index (χ4n) is 1.45. The molecule has 1 amide bonds. The van der Waals surface area contributed by atoms with Gasteiger partial charge < -0.3 is 15.5 Å². The molecule has 0 bridgehead atoms. The average molecular weight is 237 g/mol. The molecule has 3 N–H and O–H groups in total. The summed E-state index contributed by atoms with van der Waals surface area (Å²) in [5, 5.41) is 20.6. The molecule has 0 fully saturated rings. The van der Waals surface area contributed by atoms with Crippen LogP contribution in [0.4, 0.5) is 5.69 Å². The third-order valence-electron chi connectivity index (χ3n) is 2.43. The predicted octanol–water partition coefficient (Wildman–Crippen LogP) is 1.32. The van der Waals surface area contributed by atoms with Gasteiger partial charge in [-0.2, -0.15) is 0 Å². The van der Waals surface area contributed by atoms with Crippen LogP contribution in [0.15, 0.2) is 24.3 Å². The van der Waals surface area contributed by atoms with Crippen molar-refractivity contribution >= 4 is 11.6 Å². The predicted molar refractivity (Wildman–Crippen MR) is 66.8 cm³/mol. The Bertz CT molecular complexity index is 346. The second-order valence-corrected chi connectivity index (χ2v) is 4.11. The van der Waals surface area contributed by atoms with Crippen LogP contribution in [0.3, 0.4) is 0 Å². The Kier molecular flexibility index (Phi) is 5.66. The number of carbonyl (C=O) groups excluding carboxylic acids is 1. The molecule has 0 saturated heterocycles. The number of hydrogen-bond acceptors (Lipinski definition) is 3. The van der Waals surface area contributed by atoms with E-state index in [2.05, 4.69) is 5.32 Å². The molecule has 1 unspecified atom stereocenters. The van der Waals surface area contributed by atoms with Crippen molar-refractivity contribution in [1.29, 1.82) is 0 Å². The van der Waals surface area contributed by atoms with Crippen LogP contribution >= 0.6 is 0 Å². The van der Waals surface area contributed by atoms with Crippen LogP contribution in [0, 0.1) is 0 Å². The van der Waals surface area contributed by atoms with Crippen LogP contribution in [0.1, 0.15) is 25.3 Å². The zero-order valence-corrected chi connectivity index (χ0v) is 10.0. The molecule has 1 atom stereocenters. The van der Waals surface area contributed by atoms with E-state index in [0.29, 0.717) is 19.3 Å². The van der Waals surface area contributed by atoms with Gasteiger partial charge in [0.1, 0.15) is 0 Å². The van der Waals surface area contributed by atoms with Gasteiger partial charge in [-0.05, 0) is 37.5 Å². The van der Waals surface area contributed by atoms with E-state index >= 15 is 0 Å². The van der Waals surface area contributed by atoms with Crippen molar-refractivity contribution in [2.45, 2.75) is 32.3 Å². The lowest BCUT2D eigenvalue weighted by molar-refractivity contribution is -0.116. The molecule has 0 heterocycles. The maximum Gasteiger partial charge on any atom is 0.224 e. The summed E-state index contributed by atoms with van der Waals surface area (Å²) in [6.07, 6.45) is 0.952. The number of nitrogens with one attached hydrogen (secondary N) is 1. The summed E-state index contributed by atoms with van der Waals surface area (Å²) in [5.41, 5.74) is 1.77. The summed E-state index contributed by atoms with van der Waals surface area (Å²) in [7, 11) is 0. The van der Waals surface area contributed by atoms with E-state index in [9.17, 15) is 4.79 Å². The van der Waals surface area contributed by atoms with Crippen LogP contribution < -0.4 is 5.32 Å². The van der Waals surface area contributed by atoms with E-state index in [1.165, 1.54) is 0 Å². The third-order valence-corrected chi connectivity index (χ3v) is 2.43. The first-order chi connectivity index (χ1) is 8.11.